The van der Waals surface area contributed by atoms with Crippen molar-refractivity contribution in [2.24, 2.45) is 0 Å². The zero-order valence-electron chi connectivity index (χ0n) is 10.2. The molecular formula is C12H21N3. The van der Waals surface area contributed by atoms with Crippen LogP contribution in [0.25, 0.3) is 0 Å². The predicted octanol–water partition coefficient (Wildman–Crippen LogP) is 2.66. The summed E-state index contributed by atoms with van der Waals surface area (Å²) in [7, 11) is 0. The molecule has 1 aliphatic heterocycles. The van der Waals surface area contributed by atoms with Gasteiger partial charge >= 0.3 is 0 Å². The zero-order chi connectivity index (χ0) is 11.2. The number of hydrogen-bond donors (Lipinski definition) is 1. The molecule has 1 aromatic heterocycles. The van der Waals surface area contributed by atoms with E-state index < -0.39 is 0 Å². The number of nitrogens with two attached hydrogens (primary N) is 1. The van der Waals surface area contributed by atoms with Crippen molar-refractivity contribution in [3.63, 3.8) is 0 Å². The lowest BCUT2D eigenvalue weighted by Gasteiger charge is -2.26. The molecule has 0 bridgehead atoms. The molecule has 2 rings (SSSR count). The van der Waals surface area contributed by atoms with Crippen LogP contribution < -0.4 is 5.73 Å². The zero-order valence-corrected chi connectivity index (χ0v) is 10.2. The Balaban J connectivity index is 2.56. The SMILES string of the molecule is CC1CCCn2c(C(C)(C)C)nc(N)c21. The quantitative estimate of drug-likeness (QED) is 0.710. The van der Waals surface area contributed by atoms with Crippen LogP contribution >= 0.6 is 0 Å². The van der Waals surface area contributed by atoms with Crippen LogP contribution in [0.3, 0.4) is 0 Å². The second-order valence-electron chi connectivity index (χ2n) is 5.65. The topological polar surface area (TPSA) is 43.8 Å². The van der Waals surface area contributed by atoms with Gasteiger partial charge in [0.1, 0.15) is 11.6 Å². The Hall–Kier alpha value is -0.990. The van der Waals surface area contributed by atoms with Crippen molar-refractivity contribution >= 4 is 5.82 Å². The molecule has 1 aromatic rings. The van der Waals surface area contributed by atoms with Gasteiger partial charge in [-0.3, -0.25) is 0 Å². The maximum Gasteiger partial charge on any atom is 0.145 e. The molecule has 2 heterocycles. The van der Waals surface area contributed by atoms with E-state index in [0.29, 0.717) is 5.92 Å². The van der Waals surface area contributed by atoms with Crippen molar-refractivity contribution in [3.05, 3.63) is 11.5 Å². The average Bonchev–Trinajstić information content (AvgIpc) is 2.44. The molecule has 1 unspecified atom stereocenters. The van der Waals surface area contributed by atoms with Gasteiger partial charge < -0.3 is 10.3 Å². The molecule has 0 saturated heterocycles. The minimum absolute atomic E-state index is 0.0867. The monoisotopic (exact) mass is 207 g/mol. The van der Waals surface area contributed by atoms with E-state index in [0.717, 1.165) is 18.2 Å². The number of nitrogen functional groups attached to an aromatic ring is 1. The fourth-order valence-electron chi connectivity index (χ4n) is 2.49. The highest BCUT2D eigenvalue weighted by molar-refractivity contribution is 5.41. The minimum atomic E-state index is 0.0867. The third-order valence-electron chi connectivity index (χ3n) is 3.19. The van der Waals surface area contributed by atoms with E-state index in [1.54, 1.807) is 0 Å². The van der Waals surface area contributed by atoms with Gasteiger partial charge in [0.2, 0.25) is 0 Å². The van der Waals surface area contributed by atoms with E-state index in [-0.39, 0.29) is 5.41 Å². The standard InChI is InChI=1S/C12H21N3/c1-8-6-5-7-15-9(8)10(13)14-11(15)12(2,3)4/h8H,5-7,13H2,1-4H3. The van der Waals surface area contributed by atoms with Crippen LogP contribution in [0.1, 0.15) is 58.0 Å². The average molecular weight is 207 g/mol. The second kappa shape index (κ2) is 3.26. The molecule has 3 nitrogen and oxygen atoms in total. The first-order valence-electron chi connectivity index (χ1n) is 5.77. The number of hydrogen-bond acceptors (Lipinski definition) is 2. The van der Waals surface area contributed by atoms with Crippen molar-refractivity contribution in [1.29, 1.82) is 0 Å². The van der Waals surface area contributed by atoms with Crippen molar-refractivity contribution < 1.29 is 0 Å². The van der Waals surface area contributed by atoms with Crippen LogP contribution in [0.15, 0.2) is 0 Å². The Bertz CT molecular complexity index is 371. The number of aromatic nitrogens is 2. The summed E-state index contributed by atoms with van der Waals surface area (Å²) in [5.74, 6) is 2.44. The van der Waals surface area contributed by atoms with Crippen LogP contribution in [-0.4, -0.2) is 9.55 Å². The molecule has 1 aliphatic rings. The predicted molar refractivity (Wildman–Crippen MR) is 63.0 cm³/mol. The van der Waals surface area contributed by atoms with Crippen LogP contribution in [0.4, 0.5) is 5.82 Å². The molecule has 0 radical (unpaired) electrons. The van der Waals surface area contributed by atoms with Gasteiger partial charge in [-0.1, -0.05) is 27.7 Å². The van der Waals surface area contributed by atoms with Gasteiger partial charge in [-0.2, -0.15) is 0 Å². The molecule has 0 saturated carbocycles. The van der Waals surface area contributed by atoms with Gasteiger partial charge in [-0.05, 0) is 12.8 Å². The van der Waals surface area contributed by atoms with Crippen molar-refractivity contribution in [1.82, 2.24) is 9.55 Å². The lowest BCUT2D eigenvalue weighted by molar-refractivity contribution is 0.426. The van der Waals surface area contributed by atoms with Crippen LogP contribution in [-0.2, 0) is 12.0 Å². The maximum atomic E-state index is 6.02. The summed E-state index contributed by atoms with van der Waals surface area (Å²) in [5, 5.41) is 0. The number of nitrogens with zero attached hydrogens (tertiary/aromatic N) is 2. The summed E-state index contributed by atoms with van der Waals surface area (Å²) in [6.45, 7) is 9.91. The molecule has 0 spiro atoms. The largest absolute Gasteiger partial charge is 0.382 e. The van der Waals surface area contributed by atoms with E-state index in [9.17, 15) is 0 Å². The van der Waals surface area contributed by atoms with E-state index >= 15 is 0 Å². The van der Waals surface area contributed by atoms with E-state index in [4.69, 9.17) is 5.73 Å². The number of anilines is 1. The van der Waals surface area contributed by atoms with Gasteiger partial charge in [0.05, 0.1) is 5.69 Å². The van der Waals surface area contributed by atoms with Crippen LogP contribution in [0.2, 0.25) is 0 Å². The number of imidazole rings is 1. The van der Waals surface area contributed by atoms with E-state index in [1.807, 2.05) is 0 Å². The molecule has 0 aromatic carbocycles. The second-order valence-corrected chi connectivity index (χ2v) is 5.65. The smallest absolute Gasteiger partial charge is 0.145 e. The lowest BCUT2D eigenvalue weighted by atomic mass is 9.93. The molecule has 0 amide bonds. The van der Waals surface area contributed by atoms with Gasteiger partial charge in [0.15, 0.2) is 0 Å². The van der Waals surface area contributed by atoms with Crippen molar-refractivity contribution in [3.8, 4) is 0 Å². The van der Waals surface area contributed by atoms with Gasteiger partial charge in [-0.15, -0.1) is 0 Å². The number of rotatable bonds is 0. The molecule has 0 aliphatic carbocycles. The summed E-state index contributed by atoms with van der Waals surface area (Å²) < 4.78 is 2.34. The van der Waals surface area contributed by atoms with E-state index in [2.05, 4.69) is 37.2 Å². The van der Waals surface area contributed by atoms with Crippen molar-refractivity contribution in [2.45, 2.75) is 58.4 Å². The third-order valence-corrected chi connectivity index (χ3v) is 3.19. The fourth-order valence-corrected chi connectivity index (χ4v) is 2.49. The summed E-state index contributed by atoms with van der Waals surface area (Å²) in [5.41, 5.74) is 7.36. The Morgan fingerprint density at radius 1 is 1.40 bits per heavy atom. The molecule has 2 N–H and O–H groups in total. The Labute approximate surface area is 91.7 Å². The highest BCUT2D eigenvalue weighted by Crippen LogP contribution is 2.35. The Morgan fingerprint density at radius 3 is 2.67 bits per heavy atom. The molecule has 0 fully saturated rings. The number of fused-ring (bicyclic) bond motifs is 1. The van der Waals surface area contributed by atoms with Gasteiger partial charge in [-0.25, -0.2) is 4.98 Å². The maximum absolute atomic E-state index is 6.02. The highest BCUT2D eigenvalue weighted by Gasteiger charge is 2.29. The summed E-state index contributed by atoms with van der Waals surface area (Å²) in [6, 6.07) is 0. The molecule has 1 atom stereocenters. The van der Waals surface area contributed by atoms with Crippen LogP contribution in [0, 0.1) is 0 Å². The third kappa shape index (κ3) is 1.64. The lowest BCUT2D eigenvalue weighted by Crippen LogP contribution is -2.23. The van der Waals surface area contributed by atoms with Crippen LogP contribution in [0.5, 0.6) is 0 Å². The van der Waals surface area contributed by atoms with Crippen molar-refractivity contribution in [2.75, 3.05) is 5.73 Å². The molecular weight excluding hydrogens is 186 g/mol. The Kier molecular flexibility index (Phi) is 2.28. The first-order chi connectivity index (χ1) is 6.91. The summed E-state index contributed by atoms with van der Waals surface area (Å²) in [6.07, 6.45) is 2.48. The minimum Gasteiger partial charge on any atom is -0.382 e. The van der Waals surface area contributed by atoms with E-state index in [1.165, 1.54) is 18.5 Å². The molecule has 84 valence electrons. The van der Waals surface area contributed by atoms with Gasteiger partial charge in [0, 0.05) is 17.9 Å². The molecule has 3 heteroatoms. The fraction of sp³-hybridized carbons (Fsp3) is 0.750. The molecule has 15 heavy (non-hydrogen) atoms. The normalized spacial score (nSPS) is 21.5. The van der Waals surface area contributed by atoms with Gasteiger partial charge in [0.25, 0.3) is 0 Å². The summed E-state index contributed by atoms with van der Waals surface area (Å²) in [4.78, 5) is 4.55. The first-order valence-corrected chi connectivity index (χ1v) is 5.77. The first kappa shape index (κ1) is 10.5. The highest BCUT2D eigenvalue weighted by atomic mass is 15.1. The summed E-state index contributed by atoms with van der Waals surface area (Å²) >= 11 is 0. The Morgan fingerprint density at radius 2 is 2.07 bits per heavy atom.